The Labute approximate surface area is 254 Å². The van der Waals surface area contributed by atoms with Crippen molar-refractivity contribution in [1.29, 1.82) is 0 Å². The first-order valence-corrected chi connectivity index (χ1v) is 15.8. The number of anilines is 1. The zero-order valence-electron chi connectivity index (χ0n) is 23.1. The van der Waals surface area contributed by atoms with Gasteiger partial charge < -0.3 is 10.2 Å². The largest absolute Gasteiger partial charge is 0.433 e. The summed E-state index contributed by atoms with van der Waals surface area (Å²) in [6, 6.07) is 12.3. The van der Waals surface area contributed by atoms with Crippen LogP contribution in [0.4, 0.5) is 18.9 Å². The molecule has 1 spiro atoms. The molecule has 6 rings (SSSR count). The smallest absolute Gasteiger partial charge is 0.334 e. The van der Waals surface area contributed by atoms with Crippen LogP contribution in [0, 0.1) is 13.8 Å². The van der Waals surface area contributed by atoms with E-state index in [1.54, 1.807) is 59.8 Å². The summed E-state index contributed by atoms with van der Waals surface area (Å²) in [6.45, 7) is 4.47. The summed E-state index contributed by atoms with van der Waals surface area (Å²) in [6.07, 6.45) is -4.01. The molecule has 0 atom stereocenters. The topological polar surface area (TPSA) is 121 Å². The second-order valence-electron chi connectivity index (χ2n) is 11.0. The lowest BCUT2D eigenvalue weighted by molar-refractivity contribution is -0.141. The van der Waals surface area contributed by atoms with Crippen LogP contribution in [0.15, 0.2) is 53.0 Å². The summed E-state index contributed by atoms with van der Waals surface area (Å²) in [4.78, 5) is 31.6. The minimum atomic E-state index is -4.73. The molecule has 0 aliphatic carbocycles. The van der Waals surface area contributed by atoms with Gasteiger partial charge in [0.15, 0.2) is 0 Å². The molecule has 4 heterocycles. The third-order valence-electron chi connectivity index (χ3n) is 8.24. The third-order valence-corrected chi connectivity index (χ3v) is 11.4. The van der Waals surface area contributed by atoms with Gasteiger partial charge in [0.25, 0.3) is 11.8 Å². The molecule has 0 radical (unpaired) electrons. The van der Waals surface area contributed by atoms with Gasteiger partial charge in [0.1, 0.15) is 5.69 Å². The van der Waals surface area contributed by atoms with Gasteiger partial charge in [-0.15, -0.1) is 0 Å². The molecule has 43 heavy (non-hydrogen) atoms. The molecule has 2 aliphatic heterocycles. The molecular weight excluding hydrogens is 651 g/mol. The number of alkyl halides is 3. The van der Waals surface area contributed by atoms with Crippen LogP contribution in [-0.2, 0) is 12.7 Å². The van der Waals surface area contributed by atoms with Gasteiger partial charge in [0.2, 0.25) is 0 Å². The lowest BCUT2D eigenvalue weighted by atomic mass is 9.93. The number of amides is 2. The summed E-state index contributed by atoms with van der Waals surface area (Å²) in [7, 11) is -2.60. The minimum absolute atomic E-state index is 0.0434. The van der Waals surface area contributed by atoms with Gasteiger partial charge >= 0.3 is 6.18 Å². The lowest BCUT2D eigenvalue weighted by Gasteiger charge is -2.67. The van der Waals surface area contributed by atoms with Crippen LogP contribution in [0.2, 0.25) is 0 Å². The van der Waals surface area contributed by atoms with Gasteiger partial charge in [-0.2, -0.15) is 28.9 Å². The van der Waals surface area contributed by atoms with Gasteiger partial charge in [-0.3, -0.25) is 23.4 Å². The number of likely N-dealkylation sites (tertiary alicyclic amines) is 1. The van der Waals surface area contributed by atoms with E-state index >= 15 is 0 Å². The second kappa shape index (κ2) is 10.3. The molecule has 0 bridgehead atoms. The van der Waals surface area contributed by atoms with E-state index < -0.39 is 33.1 Å². The van der Waals surface area contributed by atoms with Gasteiger partial charge in [-0.25, -0.2) is 4.98 Å². The number of halogens is 4. The first-order chi connectivity index (χ1) is 20.2. The predicted octanol–water partition coefficient (Wildman–Crippen LogP) is 6.48. The molecule has 2 aliphatic rings. The number of nitrogens with one attached hydrogen (secondary N) is 1. The van der Waals surface area contributed by atoms with Crippen LogP contribution in [0.3, 0.4) is 0 Å². The lowest BCUT2D eigenvalue weighted by Crippen LogP contribution is -2.70. The van der Waals surface area contributed by atoms with Crippen molar-refractivity contribution in [3.8, 4) is 0 Å². The van der Waals surface area contributed by atoms with E-state index in [1.807, 2.05) is 0 Å². The Morgan fingerprint density at radius 1 is 1.09 bits per heavy atom. The number of pyridine rings is 1. The Bertz CT molecular complexity index is 1790. The van der Waals surface area contributed by atoms with Crippen molar-refractivity contribution in [2.24, 2.45) is 0 Å². The number of hydrogen-bond donors (Lipinski definition) is 3. The van der Waals surface area contributed by atoms with Gasteiger partial charge in [-0.1, -0.05) is 28.1 Å². The maximum atomic E-state index is 13.6. The molecule has 2 saturated heterocycles. The molecule has 3 N–H and O–H groups in total. The van der Waals surface area contributed by atoms with Crippen molar-refractivity contribution in [1.82, 2.24) is 19.7 Å². The SMILES string of the molecule is Cc1nn(Cc2ccc(C(=O)N3CC4(CCS4(O)O)C3)cc2)c(C)c1NC(=O)c1cc(C(F)(F)F)nc2ccc(Br)cc12. The van der Waals surface area contributed by atoms with E-state index in [-0.39, 0.29) is 22.4 Å². The van der Waals surface area contributed by atoms with E-state index in [0.29, 0.717) is 58.9 Å². The molecule has 2 aromatic heterocycles. The van der Waals surface area contributed by atoms with Crippen LogP contribution >= 0.6 is 26.5 Å². The maximum Gasteiger partial charge on any atom is 0.433 e. The predicted molar refractivity (Wildman–Crippen MR) is 161 cm³/mol. The van der Waals surface area contributed by atoms with Crippen LogP contribution < -0.4 is 5.32 Å². The number of fused-ring (bicyclic) bond motifs is 1. The summed E-state index contributed by atoms with van der Waals surface area (Å²) in [5.74, 6) is -0.487. The van der Waals surface area contributed by atoms with Crippen molar-refractivity contribution in [3.05, 3.63) is 86.8 Å². The number of aryl methyl sites for hydroxylation is 1. The van der Waals surface area contributed by atoms with Crippen LogP contribution in [-0.4, -0.2) is 64.2 Å². The fraction of sp³-hybridized carbons (Fsp3) is 0.310. The Balaban J connectivity index is 1.18. The molecular formula is C29H27BrF3N5O4S. The van der Waals surface area contributed by atoms with Crippen LogP contribution in [0.1, 0.15) is 49.8 Å². The molecule has 0 unspecified atom stereocenters. The van der Waals surface area contributed by atoms with Crippen molar-refractivity contribution in [3.63, 3.8) is 0 Å². The van der Waals surface area contributed by atoms with E-state index in [4.69, 9.17) is 0 Å². The highest BCUT2D eigenvalue weighted by Gasteiger charge is 2.60. The average molecular weight is 679 g/mol. The zero-order valence-corrected chi connectivity index (χ0v) is 25.5. The number of nitrogens with zero attached hydrogens (tertiary/aromatic N) is 4. The van der Waals surface area contributed by atoms with Gasteiger partial charge in [-0.05, 0) is 62.2 Å². The number of carbonyl (C=O) groups is 2. The first-order valence-electron chi connectivity index (χ1n) is 13.3. The Kier molecular flexibility index (Phi) is 7.11. The summed E-state index contributed by atoms with van der Waals surface area (Å²) in [5, 5.41) is 7.54. The fourth-order valence-corrected chi connectivity index (χ4v) is 7.82. The van der Waals surface area contributed by atoms with E-state index in [1.165, 1.54) is 6.07 Å². The Morgan fingerprint density at radius 2 is 1.79 bits per heavy atom. The molecule has 0 saturated carbocycles. The monoisotopic (exact) mass is 677 g/mol. The highest BCUT2D eigenvalue weighted by Crippen LogP contribution is 2.67. The number of rotatable bonds is 5. The number of aromatic nitrogens is 3. The fourth-order valence-electron chi connectivity index (χ4n) is 5.58. The van der Waals surface area contributed by atoms with Crippen LogP contribution in [0.5, 0.6) is 0 Å². The molecule has 226 valence electrons. The molecule has 2 fully saturated rings. The van der Waals surface area contributed by atoms with E-state index in [0.717, 1.165) is 11.6 Å². The van der Waals surface area contributed by atoms with Crippen molar-refractivity contribution >= 4 is 54.9 Å². The van der Waals surface area contributed by atoms with E-state index in [2.05, 4.69) is 31.3 Å². The van der Waals surface area contributed by atoms with Gasteiger partial charge in [0.05, 0.1) is 39.4 Å². The van der Waals surface area contributed by atoms with E-state index in [9.17, 15) is 31.9 Å². The summed E-state index contributed by atoms with van der Waals surface area (Å²) < 4.78 is 62.6. The first kappa shape index (κ1) is 29.6. The molecule has 9 nitrogen and oxygen atoms in total. The van der Waals surface area contributed by atoms with Crippen molar-refractivity contribution < 1.29 is 31.9 Å². The molecule has 14 heteroatoms. The molecule has 2 amide bonds. The Morgan fingerprint density at radius 3 is 2.40 bits per heavy atom. The second-order valence-corrected chi connectivity index (χ2v) is 14.6. The molecule has 2 aromatic carbocycles. The quantitative estimate of drug-likeness (QED) is 0.222. The van der Waals surface area contributed by atoms with Crippen molar-refractivity contribution in [2.45, 2.75) is 37.7 Å². The standard InChI is InChI=1S/C29H27BrF3N5O4S/c1-16-25(35-26(39)22-12-24(29(31,32)33)34-23-8-7-20(30)11-21(22)23)17(2)38(36-16)13-18-3-5-19(6-4-18)27(40)37-14-28(15-37)9-10-43(28,41)42/h3-8,11-12,41-42H,9-10,13-15H2,1-2H3,(H,35,39). The number of carbonyl (C=O) groups excluding carboxylic acids is 2. The summed E-state index contributed by atoms with van der Waals surface area (Å²) in [5.41, 5.74) is 1.53. The maximum absolute atomic E-state index is 13.6. The Hall–Kier alpha value is -3.46. The number of hydrogen-bond acceptors (Lipinski definition) is 6. The minimum Gasteiger partial charge on any atom is -0.334 e. The zero-order chi connectivity index (χ0) is 30.9. The summed E-state index contributed by atoms with van der Waals surface area (Å²) >= 11 is 3.30. The van der Waals surface area contributed by atoms with Crippen LogP contribution in [0.25, 0.3) is 10.9 Å². The normalized spacial score (nSPS) is 17.8. The average Bonchev–Trinajstić information content (AvgIpc) is 3.18. The highest BCUT2D eigenvalue weighted by molar-refractivity contribution is 9.10. The third kappa shape index (κ3) is 5.19. The van der Waals surface area contributed by atoms with Gasteiger partial charge in [0, 0.05) is 34.3 Å². The highest BCUT2D eigenvalue weighted by atomic mass is 79.9. The molecule has 4 aromatic rings. The number of benzene rings is 2. The van der Waals surface area contributed by atoms with Crippen molar-refractivity contribution in [2.75, 3.05) is 24.2 Å².